The van der Waals surface area contributed by atoms with Crippen LogP contribution in [0.3, 0.4) is 0 Å². The SMILES string of the molecule is OSC1CCNC1. The summed E-state index contributed by atoms with van der Waals surface area (Å²) in [7, 11) is 0. The van der Waals surface area contributed by atoms with Crippen molar-refractivity contribution in [2.75, 3.05) is 13.1 Å². The van der Waals surface area contributed by atoms with E-state index < -0.39 is 0 Å². The lowest BCUT2D eigenvalue weighted by atomic mass is 10.4. The van der Waals surface area contributed by atoms with E-state index in [0.717, 1.165) is 31.6 Å². The van der Waals surface area contributed by atoms with Gasteiger partial charge < -0.3 is 9.87 Å². The maximum atomic E-state index is 8.44. The molecule has 3 heteroatoms. The Labute approximate surface area is 47.5 Å². The number of rotatable bonds is 1. The molecule has 1 unspecified atom stereocenters. The first-order valence-corrected chi connectivity index (χ1v) is 3.28. The zero-order chi connectivity index (χ0) is 5.11. The molecule has 1 aliphatic rings. The van der Waals surface area contributed by atoms with Crippen LogP contribution in [0, 0.1) is 0 Å². The van der Waals surface area contributed by atoms with Gasteiger partial charge in [0.1, 0.15) is 0 Å². The van der Waals surface area contributed by atoms with Gasteiger partial charge in [-0.1, -0.05) is 0 Å². The van der Waals surface area contributed by atoms with Crippen LogP contribution in [0.1, 0.15) is 6.42 Å². The molecule has 1 aliphatic heterocycles. The molecule has 42 valence electrons. The van der Waals surface area contributed by atoms with E-state index in [2.05, 4.69) is 5.32 Å². The third kappa shape index (κ3) is 1.33. The lowest BCUT2D eigenvalue weighted by Gasteiger charge is -1.96. The molecule has 1 fully saturated rings. The van der Waals surface area contributed by atoms with E-state index >= 15 is 0 Å². The van der Waals surface area contributed by atoms with Crippen molar-refractivity contribution in [3.8, 4) is 0 Å². The molecule has 0 aromatic rings. The predicted octanol–water partition coefficient (Wildman–Crippen LogP) is 0.554. The Hall–Kier alpha value is 0.270. The van der Waals surface area contributed by atoms with Crippen LogP contribution in [-0.4, -0.2) is 22.9 Å². The summed E-state index contributed by atoms with van der Waals surface area (Å²) in [6.45, 7) is 2.04. The van der Waals surface area contributed by atoms with E-state index in [4.69, 9.17) is 4.55 Å². The average molecular weight is 119 g/mol. The molecule has 2 N–H and O–H groups in total. The van der Waals surface area contributed by atoms with Gasteiger partial charge in [0.25, 0.3) is 0 Å². The molecule has 0 radical (unpaired) electrons. The van der Waals surface area contributed by atoms with Gasteiger partial charge >= 0.3 is 0 Å². The van der Waals surface area contributed by atoms with E-state index in [1.165, 1.54) is 0 Å². The summed E-state index contributed by atoms with van der Waals surface area (Å²) >= 11 is 0.970. The van der Waals surface area contributed by atoms with Gasteiger partial charge in [-0.3, -0.25) is 0 Å². The zero-order valence-corrected chi connectivity index (χ0v) is 4.87. The zero-order valence-electron chi connectivity index (χ0n) is 4.05. The normalized spacial score (nSPS) is 31.3. The van der Waals surface area contributed by atoms with Crippen molar-refractivity contribution >= 4 is 12.0 Å². The molecule has 1 heterocycles. The standard InChI is InChI=1S/C4H9NOS/c6-7-4-1-2-5-3-4/h4-6H,1-3H2. The highest BCUT2D eigenvalue weighted by Gasteiger charge is 2.12. The summed E-state index contributed by atoms with van der Waals surface area (Å²) in [5.74, 6) is 0. The summed E-state index contributed by atoms with van der Waals surface area (Å²) in [5, 5.41) is 3.60. The van der Waals surface area contributed by atoms with Crippen molar-refractivity contribution in [3.05, 3.63) is 0 Å². The third-order valence-electron chi connectivity index (χ3n) is 1.16. The lowest BCUT2D eigenvalue weighted by molar-refractivity contribution is 0.650. The highest BCUT2D eigenvalue weighted by molar-refractivity contribution is 7.94. The summed E-state index contributed by atoms with van der Waals surface area (Å²) in [6, 6.07) is 0. The van der Waals surface area contributed by atoms with Crippen LogP contribution in [0.4, 0.5) is 0 Å². The molecule has 7 heavy (non-hydrogen) atoms. The largest absolute Gasteiger partial charge is 0.330 e. The summed E-state index contributed by atoms with van der Waals surface area (Å²) < 4.78 is 8.44. The molecule has 0 amide bonds. The molecule has 0 saturated carbocycles. The fraction of sp³-hybridized carbons (Fsp3) is 1.00. The van der Waals surface area contributed by atoms with E-state index in [0.29, 0.717) is 5.25 Å². The Morgan fingerprint density at radius 3 is 2.86 bits per heavy atom. The van der Waals surface area contributed by atoms with Gasteiger partial charge in [0.15, 0.2) is 0 Å². The first kappa shape index (κ1) is 5.41. The average Bonchev–Trinajstić information content (AvgIpc) is 2.14. The molecular formula is C4H9NOS. The number of hydrogen-bond acceptors (Lipinski definition) is 3. The van der Waals surface area contributed by atoms with Crippen molar-refractivity contribution < 1.29 is 4.55 Å². The van der Waals surface area contributed by atoms with Gasteiger partial charge in [0.2, 0.25) is 0 Å². The summed E-state index contributed by atoms with van der Waals surface area (Å²) in [4.78, 5) is 0. The third-order valence-corrected chi connectivity index (χ3v) is 1.86. The van der Waals surface area contributed by atoms with Gasteiger partial charge in [-0.25, -0.2) is 0 Å². The molecule has 1 saturated heterocycles. The monoisotopic (exact) mass is 119 g/mol. The van der Waals surface area contributed by atoms with Crippen LogP contribution < -0.4 is 5.32 Å². The Balaban J connectivity index is 2.14. The fourth-order valence-corrected chi connectivity index (χ4v) is 1.13. The highest BCUT2D eigenvalue weighted by atomic mass is 32.2. The van der Waals surface area contributed by atoms with E-state index in [1.807, 2.05) is 0 Å². The van der Waals surface area contributed by atoms with Gasteiger partial charge in [0.05, 0.1) is 0 Å². The molecule has 1 atom stereocenters. The molecule has 0 aliphatic carbocycles. The maximum Gasteiger partial charge on any atom is 0.0445 e. The van der Waals surface area contributed by atoms with Crippen molar-refractivity contribution in [1.29, 1.82) is 0 Å². The lowest BCUT2D eigenvalue weighted by Crippen LogP contribution is -2.09. The van der Waals surface area contributed by atoms with Crippen LogP contribution in [0.5, 0.6) is 0 Å². The van der Waals surface area contributed by atoms with Gasteiger partial charge in [-0.05, 0) is 25.0 Å². The van der Waals surface area contributed by atoms with Crippen LogP contribution in [0.15, 0.2) is 0 Å². The molecular weight excluding hydrogens is 110 g/mol. The minimum absolute atomic E-state index is 0.458. The van der Waals surface area contributed by atoms with E-state index in [1.54, 1.807) is 0 Å². The smallest absolute Gasteiger partial charge is 0.0445 e. The first-order chi connectivity index (χ1) is 3.43. The Bertz CT molecular complexity index is 53.7. The second-order valence-corrected chi connectivity index (χ2v) is 2.60. The van der Waals surface area contributed by atoms with E-state index in [-0.39, 0.29) is 0 Å². The Kier molecular flexibility index (Phi) is 1.97. The van der Waals surface area contributed by atoms with Crippen LogP contribution in [0.2, 0.25) is 0 Å². The van der Waals surface area contributed by atoms with Crippen LogP contribution >= 0.6 is 12.0 Å². The van der Waals surface area contributed by atoms with Gasteiger partial charge in [-0.2, -0.15) is 0 Å². The summed E-state index contributed by atoms with van der Waals surface area (Å²) in [6.07, 6.45) is 1.11. The molecule has 2 nitrogen and oxygen atoms in total. The second kappa shape index (κ2) is 2.55. The fourth-order valence-electron chi connectivity index (χ4n) is 0.718. The molecule has 0 spiro atoms. The van der Waals surface area contributed by atoms with Crippen molar-refractivity contribution in [3.63, 3.8) is 0 Å². The predicted molar refractivity (Wildman–Crippen MR) is 31.5 cm³/mol. The molecule has 0 aromatic heterocycles. The number of nitrogens with one attached hydrogen (secondary N) is 1. The van der Waals surface area contributed by atoms with Gasteiger partial charge in [0, 0.05) is 11.8 Å². The molecule has 0 aromatic carbocycles. The topological polar surface area (TPSA) is 32.3 Å². The van der Waals surface area contributed by atoms with E-state index in [9.17, 15) is 0 Å². The van der Waals surface area contributed by atoms with Gasteiger partial charge in [-0.15, -0.1) is 0 Å². The first-order valence-electron chi connectivity index (χ1n) is 2.44. The van der Waals surface area contributed by atoms with Crippen LogP contribution in [-0.2, 0) is 0 Å². The van der Waals surface area contributed by atoms with Crippen molar-refractivity contribution in [2.24, 2.45) is 0 Å². The minimum Gasteiger partial charge on any atom is -0.330 e. The van der Waals surface area contributed by atoms with Crippen LogP contribution in [0.25, 0.3) is 0 Å². The quantitative estimate of drug-likeness (QED) is 0.494. The molecule has 0 bridgehead atoms. The number of hydrogen-bond donors (Lipinski definition) is 2. The Morgan fingerprint density at radius 2 is 2.57 bits per heavy atom. The minimum atomic E-state index is 0.458. The Morgan fingerprint density at radius 1 is 1.71 bits per heavy atom. The van der Waals surface area contributed by atoms with Crippen molar-refractivity contribution in [1.82, 2.24) is 5.32 Å². The summed E-state index contributed by atoms with van der Waals surface area (Å²) in [5.41, 5.74) is 0. The second-order valence-electron chi connectivity index (χ2n) is 1.72. The molecule has 1 rings (SSSR count). The maximum absolute atomic E-state index is 8.44. The highest BCUT2D eigenvalue weighted by Crippen LogP contribution is 2.11. The van der Waals surface area contributed by atoms with Crippen molar-refractivity contribution in [2.45, 2.75) is 11.7 Å².